The molecular formula is C30H23I7N2O8. The molecule has 0 amide bonds. The van der Waals surface area contributed by atoms with E-state index in [2.05, 4.69) is 90.4 Å². The number of carboxylic acids is 2. The van der Waals surface area contributed by atoms with Crippen LogP contribution in [0.15, 0.2) is 72.8 Å². The molecule has 47 heavy (non-hydrogen) atoms. The van der Waals surface area contributed by atoms with Crippen molar-refractivity contribution in [3.63, 3.8) is 0 Å². The molecule has 0 saturated carbocycles. The van der Waals surface area contributed by atoms with E-state index in [1.807, 2.05) is 92.6 Å². The maximum absolute atomic E-state index is 11.5. The maximum atomic E-state index is 11.5. The zero-order valence-corrected chi connectivity index (χ0v) is 38.6. The van der Waals surface area contributed by atoms with E-state index in [1.54, 1.807) is 49.9 Å². The Morgan fingerprint density at radius 3 is 1.68 bits per heavy atom. The molecule has 0 aromatic heterocycles. The Morgan fingerprint density at radius 2 is 1.23 bits per heavy atom. The highest BCUT2D eigenvalue weighted by Gasteiger charge is 2.40. The van der Waals surface area contributed by atoms with Crippen LogP contribution in [0, 0.1) is 14.3 Å². The van der Waals surface area contributed by atoms with Crippen molar-refractivity contribution in [2.45, 2.75) is 22.4 Å². The summed E-state index contributed by atoms with van der Waals surface area (Å²) in [5.41, 5.74) is 7.35. The van der Waals surface area contributed by atoms with E-state index in [-0.39, 0.29) is 17.9 Å². The average Bonchev–Trinajstić information content (AvgIpc) is 3.00. The third-order valence-corrected chi connectivity index (χ3v) is 14.1. The van der Waals surface area contributed by atoms with Crippen molar-refractivity contribution in [1.82, 2.24) is 1.33 Å². The van der Waals surface area contributed by atoms with Gasteiger partial charge in [-0.3, -0.25) is 4.79 Å². The summed E-state index contributed by atoms with van der Waals surface area (Å²) in [5.74, 6) is 1.12. The van der Waals surface area contributed by atoms with Crippen molar-refractivity contribution in [3.8, 4) is 34.5 Å². The Balaban J connectivity index is 0.000000256. The number of rotatable bonds is 11. The van der Waals surface area contributed by atoms with Gasteiger partial charge in [0.2, 0.25) is 0 Å². The van der Waals surface area contributed by atoms with Gasteiger partial charge >= 0.3 is 11.9 Å². The SMILES string of the molecule is N[C@@H](Cc1cc(I)c(Oc2cc(I)c(O)c(I)c2)c(I)c1)C(=O)O.O=C(O)[C@](I)(Cc1ccc(Oc2ccc(O)cc2)cc1)N(I)I. The summed E-state index contributed by atoms with van der Waals surface area (Å²) in [6, 6.07) is 20.1. The number of nitrogens with zero attached hydrogens (tertiary/aromatic N) is 1. The van der Waals surface area contributed by atoms with Crippen LogP contribution in [0.5, 0.6) is 34.5 Å². The van der Waals surface area contributed by atoms with Crippen LogP contribution >= 0.6 is 159 Å². The molecule has 0 aliphatic heterocycles. The number of ether oxygens (including phenoxy) is 2. The minimum atomic E-state index is -1.02. The minimum absolute atomic E-state index is 0.182. The fraction of sp³-hybridized carbons (Fsp3) is 0.133. The second kappa shape index (κ2) is 19.0. The molecular weight excluding hydrogens is 1400 g/mol. The molecule has 0 aliphatic rings. The minimum Gasteiger partial charge on any atom is -0.508 e. The number of carboxylic acid groups (broad SMARTS) is 2. The van der Waals surface area contributed by atoms with Gasteiger partial charge in [-0.25, -0.2) is 4.79 Å². The maximum Gasteiger partial charge on any atom is 0.336 e. The zero-order chi connectivity index (χ0) is 35.1. The summed E-state index contributed by atoms with van der Waals surface area (Å²) >= 11 is 14.3. The molecule has 0 spiro atoms. The number of hydrogen-bond acceptors (Lipinski definition) is 8. The number of hydrogen-bond donors (Lipinski definition) is 5. The first-order valence-corrected chi connectivity index (χ1v) is 20.2. The number of halogens is 7. The van der Waals surface area contributed by atoms with Crippen molar-refractivity contribution in [2.24, 2.45) is 5.73 Å². The van der Waals surface area contributed by atoms with Crippen molar-refractivity contribution >= 4 is 171 Å². The molecule has 6 N–H and O–H groups in total. The summed E-state index contributed by atoms with van der Waals surface area (Å²) in [5, 5.41) is 37.4. The number of phenolic OH excluding ortho intramolecular Hbond substituents is 2. The monoisotopic (exact) mass is 1430 g/mol. The lowest BCUT2D eigenvalue weighted by Crippen LogP contribution is -2.41. The third kappa shape index (κ3) is 12.4. The largest absolute Gasteiger partial charge is 0.508 e. The van der Waals surface area contributed by atoms with E-state index in [0.717, 1.165) is 18.3 Å². The van der Waals surface area contributed by atoms with E-state index in [1.165, 1.54) is 0 Å². The molecule has 0 heterocycles. The number of alkyl halides is 1. The lowest BCUT2D eigenvalue weighted by atomic mass is 10.1. The number of benzene rings is 4. The first-order chi connectivity index (χ1) is 22.0. The lowest BCUT2D eigenvalue weighted by Gasteiger charge is -2.26. The summed E-state index contributed by atoms with van der Waals surface area (Å²) < 4.78 is 15.4. The Morgan fingerprint density at radius 1 is 0.745 bits per heavy atom. The van der Waals surface area contributed by atoms with Gasteiger partial charge in [0.25, 0.3) is 0 Å². The van der Waals surface area contributed by atoms with Gasteiger partial charge in [0.15, 0.2) is 9.30 Å². The van der Waals surface area contributed by atoms with E-state index < -0.39 is 21.5 Å². The molecule has 4 aromatic rings. The smallest absolute Gasteiger partial charge is 0.336 e. The second-order valence-electron chi connectivity index (χ2n) is 9.59. The van der Waals surface area contributed by atoms with Gasteiger partial charge in [0, 0.05) is 52.1 Å². The summed E-state index contributed by atoms with van der Waals surface area (Å²) in [7, 11) is 0. The van der Waals surface area contributed by atoms with Crippen molar-refractivity contribution in [2.75, 3.05) is 0 Å². The molecule has 250 valence electrons. The predicted molar refractivity (Wildman–Crippen MR) is 237 cm³/mol. The first kappa shape index (κ1) is 41.5. The van der Waals surface area contributed by atoms with Crippen LogP contribution in [0.4, 0.5) is 0 Å². The topological polar surface area (TPSA) is 163 Å². The summed E-state index contributed by atoms with van der Waals surface area (Å²) in [4.78, 5) is 22.4. The van der Waals surface area contributed by atoms with Crippen LogP contribution in [-0.2, 0) is 22.4 Å². The van der Waals surface area contributed by atoms with E-state index in [0.29, 0.717) is 36.6 Å². The molecule has 0 radical (unpaired) electrons. The predicted octanol–water partition coefficient (Wildman–Crippen LogP) is 9.50. The standard InChI is InChI=1S/C15H11I4NO4.C15H12I3NO4/c16-8-4-7(5-9(17)13(8)21)24-14-10(18)1-6(2-11(14)19)3-12(20)15(22)23;16-15(14(21)22,19(17)18)9-10-1-5-12(6-2-10)23-13-7-3-11(20)4-8-13/h1-2,4-5,12,21H,3,20H2,(H,22,23);1-8,20H,9H2,(H,21,22)/t12-;15-/m00/s1. The molecule has 4 aromatic carbocycles. The fourth-order valence-corrected chi connectivity index (χ4v) is 8.71. The lowest BCUT2D eigenvalue weighted by molar-refractivity contribution is -0.140. The third-order valence-electron chi connectivity index (χ3n) is 6.07. The second-order valence-corrected chi connectivity index (χ2v) is 19.8. The van der Waals surface area contributed by atoms with Gasteiger partial charge in [0.05, 0.1) is 14.3 Å². The Bertz CT molecular complexity index is 1680. The Hall–Kier alpha value is 0.0500. The highest BCUT2D eigenvalue weighted by Crippen LogP contribution is 2.38. The van der Waals surface area contributed by atoms with Crippen LogP contribution in [-0.4, -0.2) is 43.3 Å². The van der Waals surface area contributed by atoms with Crippen molar-refractivity contribution in [3.05, 3.63) is 98.2 Å². The first-order valence-electron chi connectivity index (χ1n) is 12.9. The number of phenols is 2. The zero-order valence-electron chi connectivity index (χ0n) is 23.5. The molecule has 4 rings (SSSR count). The molecule has 0 aliphatic carbocycles. The summed E-state index contributed by atoms with van der Waals surface area (Å²) in [6.07, 6.45) is 0.630. The van der Waals surface area contributed by atoms with Crippen LogP contribution in [0.2, 0.25) is 0 Å². The van der Waals surface area contributed by atoms with Gasteiger partial charge in [-0.15, -0.1) is 0 Å². The van der Waals surface area contributed by atoms with E-state index >= 15 is 0 Å². The normalized spacial score (nSPS) is 12.8. The van der Waals surface area contributed by atoms with Gasteiger partial charge < -0.3 is 35.6 Å². The molecule has 0 unspecified atom stereocenters. The molecule has 0 fully saturated rings. The quantitative estimate of drug-likeness (QED) is 0.0423. The highest BCUT2D eigenvalue weighted by molar-refractivity contribution is 14.2. The molecule has 10 nitrogen and oxygen atoms in total. The Kier molecular flexibility index (Phi) is 16.8. The number of nitrogens with two attached hydrogens (primary N) is 1. The molecule has 17 heteroatoms. The molecule has 0 saturated heterocycles. The van der Waals surface area contributed by atoms with Crippen LogP contribution in [0.1, 0.15) is 11.1 Å². The fourth-order valence-electron chi connectivity index (χ4n) is 3.69. The highest BCUT2D eigenvalue weighted by atomic mass is 127. The van der Waals surface area contributed by atoms with Crippen LogP contribution < -0.4 is 15.2 Å². The number of carbonyl (C=O) groups is 2. The average molecular weight is 1430 g/mol. The summed E-state index contributed by atoms with van der Waals surface area (Å²) in [6.45, 7) is 0. The molecule has 2 atom stereocenters. The van der Waals surface area contributed by atoms with Crippen molar-refractivity contribution < 1.29 is 39.5 Å². The van der Waals surface area contributed by atoms with Gasteiger partial charge in [-0.2, -0.15) is 1.33 Å². The van der Waals surface area contributed by atoms with E-state index in [9.17, 15) is 24.9 Å². The number of aromatic hydroxyl groups is 2. The van der Waals surface area contributed by atoms with Gasteiger partial charge in [-0.1, -0.05) is 12.1 Å². The van der Waals surface area contributed by atoms with Crippen molar-refractivity contribution in [1.29, 1.82) is 0 Å². The van der Waals surface area contributed by atoms with Gasteiger partial charge in [0.1, 0.15) is 34.8 Å². The number of aliphatic carboxylic acids is 2. The van der Waals surface area contributed by atoms with E-state index in [4.69, 9.17) is 20.3 Å². The van der Waals surface area contributed by atoms with Crippen LogP contribution in [0.3, 0.4) is 0 Å². The van der Waals surface area contributed by atoms with Gasteiger partial charge in [-0.05, 0) is 191 Å². The van der Waals surface area contributed by atoms with Crippen LogP contribution in [0.25, 0.3) is 0 Å². The Labute approximate surface area is 366 Å². The molecule has 0 bridgehead atoms.